The molecule has 0 fully saturated rings. The van der Waals surface area contributed by atoms with Gasteiger partial charge in [-0.25, -0.2) is 0 Å². The molecule has 3 nitrogen and oxygen atoms in total. The van der Waals surface area contributed by atoms with Gasteiger partial charge in [0.2, 0.25) is 11.8 Å². The minimum Gasteiger partial charge on any atom is -0.425 e. The van der Waals surface area contributed by atoms with Crippen molar-refractivity contribution in [3.05, 3.63) is 36.6 Å². The van der Waals surface area contributed by atoms with Gasteiger partial charge in [0.15, 0.2) is 0 Å². The van der Waals surface area contributed by atoms with Gasteiger partial charge in [0, 0.05) is 12.3 Å². The number of nitrogens with zero attached hydrogens (tertiary/aromatic N) is 2. The summed E-state index contributed by atoms with van der Waals surface area (Å²) < 4.78 is 5.60. The highest BCUT2D eigenvalue weighted by Gasteiger charge is 2.18. The molecular weight excluding hydrogens is 188 g/mol. The molecule has 1 aromatic rings. The van der Waals surface area contributed by atoms with E-state index in [1.165, 1.54) is 0 Å². The Bertz CT molecular complexity index is 344. The summed E-state index contributed by atoms with van der Waals surface area (Å²) >= 11 is 0. The second kappa shape index (κ2) is 4.91. The lowest BCUT2D eigenvalue weighted by Crippen LogP contribution is -1.97. The SMILES string of the molecule is C=CCc1nnc(C2CCC=CCC2)o1. The summed E-state index contributed by atoms with van der Waals surface area (Å²) in [7, 11) is 0. The van der Waals surface area contributed by atoms with Gasteiger partial charge in [0.1, 0.15) is 0 Å². The summed E-state index contributed by atoms with van der Waals surface area (Å²) in [5.74, 6) is 1.92. The second-order valence-corrected chi connectivity index (χ2v) is 3.85. The highest BCUT2D eigenvalue weighted by molar-refractivity contribution is 4.98. The normalized spacial score (nSPS) is 17.6. The number of hydrogen-bond acceptors (Lipinski definition) is 3. The van der Waals surface area contributed by atoms with Crippen molar-refractivity contribution in [3.8, 4) is 0 Å². The van der Waals surface area contributed by atoms with E-state index in [1.807, 2.05) is 0 Å². The molecule has 0 unspecified atom stereocenters. The van der Waals surface area contributed by atoms with Gasteiger partial charge in [-0.1, -0.05) is 18.2 Å². The van der Waals surface area contributed by atoms with Crippen molar-refractivity contribution in [1.82, 2.24) is 10.2 Å². The van der Waals surface area contributed by atoms with E-state index in [9.17, 15) is 0 Å². The summed E-state index contributed by atoms with van der Waals surface area (Å²) in [6.07, 6.45) is 11.4. The van der Waals surface area contributed by atoms with Crippen LogP contribution in [0.25, 0.3) is 0 Å². The average Bonchev–Trinajstić information content (AvgIpc) is 2.53. The third-order valence-electron chi connectivity index (χ3n) is 2.68. The molecule has 0 N–H and O–H groups in total. The van der Waals surface area contributed by atoms with E-state index in [-0.39, 0.29) is 0 Å². The Morgan fingerprint density at radius 1 is 1.33 bits per heavy atom. The van der Waals surface area contributed by atoms with Crippen LogP contribution in [0.4, 0.5) is 0 Å². The lowest BCUT2D eigenvalue weighted by molar-refractivity contribution is 0.402. The smallest absolute Gasteiger partial charge is 0.220 e. The first-order valence-electron chi connectivity index (χ1n) is 5.48. The summed E-state index contributed by atoms with van der Waals surface area (Å²) in [5, 5.41) is 8.11. The quantitative estimate of drug-likeness (QED) is 0.710. The highest BCUT2D eigenvalue weighted by atomic mass is 16.4. The number of rotatable bonds is 3. The lowest BCUT2D eigenvalue weighted by atomic mass is 10.0. The van der Waals surface area contributed by atoms with Crippen LogP contribution in [-0.4, -0.2) is 10.2 Å². The predicted octanol–water partition coefficient (Wildman–Crippen LogP) is 3.01. The van der Waals surface area contributed by atoms with Crippen LogP contribution in [0.15, 0.2) is 29.2 Å². The fraction of sp³-hybridized carbons (Fsp3) is 0.500. The van der Waals surface area contributed by atoms with Gasteiger partial charge in [-0.2, -0.15) is 0 Å². The predicted molar refractivity (Wildman–Crippen MR) is 58.5 cm³/mol. The molecule has 1 aliphatic carbocycles. The van der Waals surface area contributed by atoms with Crippen molar-refractivity contribution in [2.45, 2.75) is 38.0 Å². The van der Waals surface area contributed by atoms with Crippen molar-refractivity contribution in [1.29, 1.82) is 0 Å². The van der Waals surface area contributed by atoms with E-state index in [1.54, 1.807) is 6.08 Å². The fourth-order valence-electron chi connectivity index (χ4n) is 1.86. The van der Waals surface area contributed by atoms with Gasteiger partial charge < -0.3 is 4.42 Å². The second-order valence-electron chi connectivity index (χ2n) is 3.85. The zero-order valence-corrected chi connectivity index (χ0v) is 8.85. The molecule has 0 aliphatic heterocycles. The van der Waals surface area contributed by atoms with Gasteiger partial charge in [-0.15, -0.1) is 16.8 Å². The fourth-order valence-corrected chi connectivity index (χ4v) is 1.86. The van der Waals surface area contributed by atoms with Gasteiger partial charge in [0.05, 0.1) is 0 Å². The van der Waals surface area contributed by atoms with Crippen LogP contribution in [0.1, 0.15) is 43.4 Å². The molecular formula is C12H16N2O. The van der Waals surface area contributed by atoms with Crippen LogP contribution in [-0.2, 0) is 6.42 Å². The molecule has 0 bridgehead atoms. The van der Waals surface area contributed by atoms with Crippen LogP contribution in [0.2, 0.25) is 0 Å². The van der Waals surface area contributed by atoms with E-state index < -0.39 is 0 Å². The Labute approximate surface area is 89.9 Å². The minimum absolute atomic E-state index is 0.436. The maximum absolute atomic E-state index is 5.60. The van der Waals surface area contributed by atoms with E-state index in [0.29, 0.717) is 18.2 Å². The minimum atomic E-state index is 0.436. The van der Waals surface area contributed by atoms with Crippen molar-refractivity contribution >= 4 is 0 Å². The maximum Gasteiger partial charge on any atom is 0.220 e. The van der Waals surface area contributed by atoms with Gasteiger partial charge >= 0.3 is 0 Å². The molecule has 0 saturated heterocycles. The summed E-state index contributed by atoms with van der Waals surface area (Å²) in [6, 6.07) is 0. The summed E-state index contributed by atoms with van der Waals surface area (Å²) in [6.45, 7) is 3.65. The third kappa shape index (κ3) is 2.55. The Morgan fingerprint density at radius 2 is 2.07 bits per heavy atom. The Morgan fingerprint density at radius 3 is 2.73 bits per heavy atom. The van der Waals surface area contributed by atoms with E-state index in [2.05, 4.69) is 28.9 Å². The maximum atomic E-state index is 5.60. The van der Waals surface area contributed by atoms with Gasteiger partial charge in [-0.3, -0.25) is 0 Å². The zero-order valence-electron chi connectivity index (χ0n) is 8.85. The first-order valence-corrected chi connectivity index (χ1v) is 5.48. The molecule has 3 heteroatoms. The zero-order chi connectivity index (χ0) is 10.5. The number of allylic oxidation sites excluding steroid dienone is 3. The van der Waals surface area contributed by atoms with Crippen molar-refractivity contribution in [2.24, 2.45) is 0 Å². The molecule has 1 aromatic heterocycles. The lowest BCUT2D eigenvalue weighted by Gasteiger charge is -2.07. The van der Waals surface area contributed by atoms with Gasteiger partial charge in [0.25, 0.3) is 0 Å². The first kappa shape index (κ1) is 10.1. The van der Waals surface area contributed by atoms with Crippen LogP contribution >= 0.6 is 0 Å². The van der Waals surface area contributed by atoms with Crippen LogP contribution in [0.3, 0.4) is 0 Å². The molecule has 0 amide bonds. The van der Waals surface area contributed by atoms with Crippen LogP contribution < -0.4 is 0 Å². The monoisotopic (exact) mass is 204 g/mol. The van der Waals surface area contributed by atoms with E-state index >= 15 is 0 Å². The summed E-state index contributed by atoms with van der Waals surface area (Å²) in [4.78, 5) is 0. The van der Waals surface area contributed by atoms with Crippen LogP contribution in [0, 0.1) is 0 Å². The van der Waals surface area contributed by atoms with E-state index in [4.69, 9.17) is 4.42 Å². The highest BCUT2D eigenvalue weighted by Crippen LogP contribution is 2.28. The Hall–Kier alpha value is -1.38. The molecule has 1 aliphatic rings. The Balaban J connectivity index is 2.04. The van der Waals surface area contributed by atoms with E-state index in [0.717, 1.165) is 31.6 Å². The molecule has 0 saturated carbocycles. The van der Waals surface area contributed by atoms with Crippen LogP contribution in [0.5, 0.6) is 0 Å². The number of hydrogen-bond donors (Lipinski definition) is 0. The largest absolute Gasteiger partial charge is 0.425 e. The van der Waals surface area contributed by atoms with Gasteiger partial charge in [-0.05, 0) is 25.7 Å². The Kier molecular flexibility index (Phi) is 3.33. The van der Waals surface area contributed by atoms with Crippen molar-refractivity contribution in [3.63, 3.8) is 0 Å². The standard InChI is InChI=1S/C12H16N2O/c1-2-7-11-13-14-12(15-11)10-8-5-3-4-6-9-10/h2-4,10H,1,5-9H2. The molecule has 15 heavy (non-hydrogen) atoms. The molecule has 0 atom stereocenters. The average molecular weight is 204 g/mol. The molecule has 0 aromatic carbocycles. The summed E-state index contributed by atoms with van der Waals surface area (Å²) in [5.41, 5.74) is 0. The molecule has 80 valence electrons. The molecule has 0 radical (unpaired) electrons. The third-order valence-corrected chi connectivity index (χ3v) is 2.68. The molecule has 2 rings (SSSR count). The van der Waals surface area contributed by atoms with Crippen molar-refractivity contribution in [2.75, 3.05) is 0 Å². The number of aromatic nitrogens is 2. The molecule has 1 heterocycles. The molecule has 0 spiro atoms. The first-order chi connectivity index (χ1) is 7.40. The van der Waals surface area contributed by atoms with Crippen molar-refractivity contribution < 1.29 is 4.42 Å². The topological polar surface area (TPSA) is 38.9 Å².